The van der Waals surface area contributed by atoms with Crippen molar-refractivity contribution in [3.8, 4) is 5.75 Å². The topological polar surface area (TPSA) is 82.3 Å². The van der Waals surface area contributed by atoms with Crippen LogP contribution in [0.1, 0.15) is 11.4 Å². The molecule has 0 N–H and O–H groups in total. The van der Waals surface area contributed by atoms with Gasteiger partial charge in [0.2, 0.25) is 12.2 Å². The molecule has 0 saturated heterocycles. The largest absolute Gasteiger partial charge is 0.485 e. The van der Waals surface area contributed by atoms with E-state index in [1.54, 1.807) is 6.92 Å². The van der Waals surface area contributed by atoms with Gasteiger partial charge < -0.3 is 9.26 Å². The van der Waals surface area contributed by atoms with E-state index in [1.807, 2.05) is 0 Å². The fraction of sp³-hybridized carbons (Fsp3) is 0.200. The first-order valence-corrected chi connectivity index (χ1v) is 7.21. The molecule has 0 aliphatic carbocycles. The van der Waals surface area contributed by atoms with Gasteiger partial charge in [-0.1, -0.05) is 5.16 Å². The molecule has 0 aliphatic rings. The average molecular weight is 289 g/mol. The molecule has 0 spiro atoms. The van der Waals surface area contributed by atoms with Crippen molar-refractivity contribution < 1.29 is 17.7 Å². The van der Waals surface area contributed by atoms with Gasteiger partial charge >= 0.3 is 0 Å². The SMILES string of the molecule is Cc1cc(S(=O)(=O)Cl)ccc1OCc1ncon1. The molecule has 1 heterocycles. The molecule has 0 radical (unpaired) electrons. The molecular formula is C10H9ClN2O4S. The molecule has 2 aromatic rings. The summed E-state index contributed by atoms with van der Waals surface area (Å²) in [7, 11) is 1.52. The summed E-state index contributed by atoms with van der Waals surface area (Å²) in [4.78, 5) is 3.83. The Morgan fingerprint density at radius 2 is 2.22 bits per heavy atom. The first-order valence-electron chi connectivity index (χ1n) is 4.90. The molecule has 1 aromatic carbocycles. The van der Waals surface area contributed by atoms with E-state index in [0.717, 1.165) is 0 Å². The molecule has 1 aromatic heterocycles. The Hall–Kier alpha value is -1.60. The van der Waals surface area contributed by atoms with Crippen molar-refractivity contribution in [3.05, 3.63) is 36.0 Å². The Morgan fingerprint density at radius 1 is 1.44 bits per heavy atom. The van der Waals surface area contributed by atoms with E-state index in [1.165, 1.54) is 24.6 Å². The fourth-order valence-corrected chi connectivity index (χ4v) is 2.17. The van der Waals surface area contributed by atoms with Crippen molar-refractivity contribution in [2.75, 3.05) is 0 Å². The molecule has 0 aliphatic heterocycles. The minimum Gasteiger partial charge on any atom is -0.485 e. The van der Waals surface area contributed by atoms with Crippen LogP contribution in [-0.2, 0) is 15.7 Å². The smallest absolute Gasteiger partial charge is 0.261 e. The van der Waals surface area contributed by atoms with Crippen LogP contribution in [0.25, 0.3) is 0 Å². The molecule has 96 valence electrons. The second-order valence-corrected chi connectivity index (χ2v) is 6.07. The lowest BCUT2D eigenvalue weighted by Crippen LogP contribution is -2.00. The normalized spacial score (nSPS) is 11.4. The maximum absolute atomic E-state index is 11.1. The molecular weight excluding hydrogens is 280 g/mol. The van der Waals surface area contributed by atoms with Crippen LogP contribution < -0.4 is 4.74 Å². The lowest BCUT2D eigenvalue weighted by Gasteiger charge is -2.07. The van der Waals surface area contributed by atoms with Crippen LogP contribution in [0.4, 0.5) is 0 Å². The molecule has 0 unspecified atom stereocenters. The molecule has 0 saturated carbocycles. The molecule has 0 atom stereocenters. The number of halogens is 1. The summed E-state index contributed by atoms with van der Waals surface area (Å²) < 4.78 is 32.3. The third kappa shape index (κ3) is 2.99. The standard InChI is InChI=1S/C10H9ClN2O4S/c1-7-4-8(18(11,14)15)2-3-9(7)16-5-10-12-6-17-13-10/h2-4,6H,5H2,1H3. The molecule has 0 fully saturated rings. The number of ether oxygens (including phenoxy) is 1. The van der Waals surface area contributed by atoms with Gasteiger partial charge in [0.1, 0.15) is 5.75 Å². The number of aryl methyl sites for hydroxylation is 1. The van der Waals surface area contributed by atoms with E-state index in [0.29, 0.717) is 17.1 Å². The van der Waals surface area contributed by atoms with Gasteiger partial charge in [-0.15, -0.1) is 0 Å². The van der Waals surface area contributed by atoms with Crippen molar-refractivity contribution in [2.45, 2.75) is 18.4 Å². The Balaban J connectivity index is 2.15. The van der Waals surface area contributed by atoms with Crippen LogP contribution in [0.15, 0.2) is 34.0 Å². The maximum Gasteiger partial charge on any atom is 0.261 e. The van der Waals surface area contributed by atoms with E-state index in [9.17, 15) is 8.42 Å². The number of hydrogen-bond donors (Lipinski definition) is 0. The highest BCUT2D eigenvalue weighted by atomic mass is 35.7. The summed E-state index contributed by atoms with van der Waals surface area (Å²) in [6.45, 7) is 1.86. The number of nitrogens with zero attached hydrogens (tertiary/aromatic N) is 2. The van der Waals surface area contributed by atoms with Crippen molar-refractivity contribution in [1.29, 1.82) is 0 Å². The van der Waals surface area contributed by atoms with Crippen molar-refractivity contribution in [3.63, 3.8) is 0 Å². The Morgan fingerprint density at radius 3 is 2.78 bits per heavy atom. The van der Waals surface area contributed by atoms with Crippen LogP contribution in [0.2, 0.25) is 0 Å². The monoisotopic (exact) mass is 288 g/mol. The summed E-state index contributed by atoms with van der Waals surface area (Å²) >= 11 is 0. The molecule has 18 heavy (non-hydrogen) atoms. The van der Waals surface area contributed by atoms with Crippen molar-refractivity contribution in [2.24, 2.45) is 0 Å². The van der Waals surface area contributed by atoms with Gasteiger partial charge in [0.25, 0.3) is 9.05 Å². The highest BCUT2D eigenvalue weighted by Crippen LogP contribution is 2.24. The Bertz CT molecular complexity index is 640. The highest BCUT2D eigenvalue weighted by molar-refractivity contribution is 8.13. The van der Waals surface area contributed by atoms with Gasteiger partial charge in [0.15, 0.2) is 6.61 Å². The minimum atomic E-state index is -3.72. The molecule has 2 rings (SSSR count). The summed E-state index contributed by atoms with van der Waals surface area (Å²) in [5.74, 6) is 0.937. The van der Waals surface area contributed by atoms with Gasteiger partial charge in [-0.2, -0.15) is 4.98 Å². The first kappa shape index (κ1) is 12.8. The predicted molar refractivity (Wildman–Crippen MR) is 62.8 cm³/mol. The Labute approximate surface area is 108 Å². The quantitative estimate of drug-likeness (QED) is 0.799. The molecule has 0 amide bonds. The summed E-state index contributed by atoms with van der Waals surface area (Å²) in [5, 5.41) is 3.59. The summed E-state index contributed by atoms with van der Waals surface area (Å²) in [5.41, 5.74) is 0.653. The van der Waals surface area contributed by atoms with Crippen LogP contribution in [0.3, 0.4) is 0 Å². The van der Waals surface area contributed by atoms with Crippen molar-refractivity contribution >= 4 is 19.7 Å². The number of hydrogen-bond acceptors (Lipinski definition) is 6. The second-order valence-electron chi connectivity index (χ2n) is 3.50. The van der Waals surface area contributed by atoms with E-state index < -0.39 is 9.05 Å². The minimum absolute atomic E-state index is 0.0357. The zero-order chi connectivity index (χ0) is 13.2. The second kappa shape index (κ2) is 4.95. The van der Waals surface area contributed by atoms with Gasteiger partial charge in [-0.3, -0.25) is 0 Å². The zero-order valence-corrected chi connectivity index (χ0v) is 10.9. The molecule has 6 nitrogen and oxygen atoms in total. The van der Waals surface area contributed by atoms with Gasteiger partial charge in [-0.25, -0.2) is 8.42 Å². The lowest BCUT2D eigenvalue weighted by molar-refractivity contribution is 0.284. The number of rotatable bonds is 4. The zero-order valence-electron chi connectivity index (χ0n) is 9.33. The Kier molecular flexibility index (Phi) is 3.53. The first-order chi connectivity index (χ1) is 8.47. The molecule has 0 bridgehead atoms. The summed E-state index contributed by atoms with van der Waals surface area (Å²) in [6.07, 6.45) is 1.20. The van der Waals surface area contributed by atoms with E-state index >= 15 is 0 Å². The van der Waals surface area contributed by atoms with Gasteiger partial charge in [0, 0.05) is 10.7 Å². The average Bonchev–Trinajstić information content (AvgIpc) is 2.79. The van der Waals surface area contributed by atoms with Crippen LogP contribution >= 0.6 is 10.7 Å². The highest BCUT2D eigenvalue weighted by Gasteiger charge is 2.12. The van der Waals surface area contributed by atoms with Gasteiger partial charge in [0.05, 0.1) is 4.90 Å². The van der Waals surface area contributed by atoms with Gasteiger partial charge in [-0.05, 0) is 30.7 Å². The third-order valence-electron chi connectivity index (χ3n) is 2.19. The van der Waals surface area contributed by atoms with E-state index in [4.69, 9.17) is 15.4 Å². The van der Waals surface area contributed by atoms with E-state index in [-0.39, 0.29) is 11.5 Å². The number of aromatic nitrogens is 2. The van der Waals surface area contributed by atoms with Crippen LogP contribution in [0, 0.1) is 6.92 Å². The third-order valence-corrected chi connectivity index (χ3v) is 3.54. The predicted octanol–water partition coefficient (Wildman–Crippen LogP) is 1.88. The van der Waals surface area contributed by atoms with Crippen LogP contribution in [-0.4, -0.2) is 18.6 Å². The fourth-order valence-electron chi connectivity index (χ4n) is 1.33. The number of benzene rings is 1. The van der Waals surface area contributed by atoms with E-state index in [2.05, 4.69) is 14.7 Å². The lowest BCUT2D eigenvalue weighted by atomic mass is 10.2. The molecule has 8 heteroatoms. The van der Waals surface area contributed by atoms with Crippen LogP contribution in [0.5, 0.6) is 5.75 Å². The van der Waals surface area contributed by atoms with Crippen molar-refractivity contribution in [1.82, 2.24) is 10.1 Å². The maximum atomic E-state index is 11.1. The summed E-state index contributed by atoms with van der Waals surface area (Å²) in [6, 6.07) is 4.35.